The molecular formula is C28H42N2O3S. The predicted molar refractivity (Wildman–Crippen MR) is 143 cm³/mol. The topological polar surface area (TPSA) is 73.6 Å². The number of methoxy groups -OCH3 is 1. The van der Waals surface area contributed by atoms with Gasteiger partial charge in [0, 0.05) is 30.1 Å². The average Bonchev–Trinajstić information content (AvgIpc) is 2.84. The molecule has 6 heteroatoms. The van der Waals surface area contributed by atoms with Crippen molar-refractivity contribution in [3.63, 3.8) is 0 Å². The summed E-state index contributed by atoms with van der Waals surface area (Å²) in [7, 11) is 1.66. The first kappa shape index (κ1) is 28.2. The second kappa shape index (κ2) is 16.6. The SMILES string of the molecule is CCCC(CCC)SCCC(=O)OC(CNCc1cccc(OC)c1)C(N)Cc1ccccc1. The molecule has 0 aliphatic carbocycles. The first-order valence-electron chi connectivity index (χ1n) is 12.5. The van der Waals surface area contributed by atoms with Crippen molar-refractivity contribution in [2.24, 2.45) is 5.73 Å². The predicted octanol–water partition coefficient (Wildman–Crippen LogP) is 5.36. The lowest BCUT2D eigenvalue weighted by atomic mass is 10.0. The van der Waals surface area contributed by atoms with E-state index in [1.165, 1.54) is 25.7 Å². The molecule has 0 saturated carbocycles. The maximum Gasteiger partial charge on any atom is 0.306 e. The van der Waals surface area contributed by atoms with Gasteiger partial charge in [-0.2, -0.15) is 11.8 Å². The normalized spacial score (nSPS) is 13.0. The zero-order valence-corrected chi connectivity index (χ0v) is 21.8. The third kappa shape index (κ3) is 10.9. The molecule has 0 aliphatic rings. The van der Waals surface area contributed by atoms with Crippen LogP contribution in [0.3, 0.4) is 0 Å². The van der Waals surface area contributed by atoms with Crippen molar-refractivity contribution in [3.05, 3.63) is 65.7 Å². The lowest BCUT2D eigenvalue weighted by molar-refractivity contribution is -0.149. The van der Waals surface area contributed by atoms with Crippen molar-refractivity contribution in [2.75, 3.05) is 19.4 Å². The Bertz CT molecular complexity index is 812. The van der Waals surface area contributed by atoms with Gasteiger partial charge in [0.2, 0.25) is 0 Å². The first-order valence-corrected chi connectivity index (χ1v) is 13.5. The second-order valence-corrected chi connectivity index (χ2v) is 10.1. The van der Waals surface area contributed by atoms with E-state index in [1.807, 2.05) is 54.2 Å². The number of thioether (sulfide) groups is 1. The number of esters is 1. The Morgan fingerprint density at radius 1 is 1.03 bits per heavy atom. The van der Waals surface area contributed by atoms with Gasteiger partial charge in [-0.05, 0) is 42.5 Å². The lowest BCUT2D eigenvalue weighted by Gasteiger charge is -2.25. The molecule has 0 saturated heterocycles. The van der Waals surface area contributed by atoms with Gasteiger partial charge in [0.1, 0.15) is 11.9 Å². The zero-order chi connectivity index (χ0) is 24.6. The van der Waals surface area contributed by atoms with E-state index in [4.69, 9.17) is 15.2 Å². The van der Waals surface area contributed by atoms with Crippen molar-refractivity contribution < 1.29 is 14.3 Å². The molecule has 2 unspecified atom stereocenters. The van der Waals surface area contributed by atoms with E-state index in [9.17, 15) is 4.79 Å². The third-order valence-corrected chi connectivity index (χ3v) is 7.15. The van der Waals surface area contributed by atoms with Crippen LogP contribution in [-0.2, 0) is 22.5 Å². The van der Waals surface area contributed by atoms with Gasteiger partial charge in [-0.1, -0.05) is 69.2 Å². The van der Waals surface area contributed by atoms with Crippen LogP contribution in [-0.4, -0.2) is 42.8 Å². The number of carbonyl (C=O) groups is 1. The minimum atomic E-state index is -0.398. The van der Waals surface area contributed by atoms with Gasteiger partial charge in [0.15, 0.2) is 0 Å². The molecule has 34 heavy (non-hydrogen) atoms. The van der Waals surface area contributed by atoms with E-state index >= 15 is 0 Å². The summed E-state index contributed by atoms with van der Waals surface area (Å²) in [6.45, 7) is 5.58. The van der Waals surface area contributed by atoms with Gasteiger partial charge in [-0.25, -0.2) is 0 Å². The van der Waals surface area contributed by atoms with Crippen LogP contribution in [0.1, 0.15) is 57.1 Å². The Labute approximate surface area is 210 Å². The Kier molecular flexibility index (Phi) is 13.8. The van der Waals surface area contributed by atoms with Crippen LogP contribution >= 0.6 is 11.8 Å². The number of nitrogens with one attached hydrogen (secondary N) is 1. The molecule has 2 aromatic carbocycles. The van der Waals surface area contributed by atoms with E-state index in [1.54, 1.807) is 7.11 Å². The molecular weight excluding hydrogens is 444 g/mol. The van der Waals surface area contributed by atoms with E-state index in [-0.39, 0.29) is 12.0 Å². The van der Waals surface area contributed by atoms with E-state index in [0.29, 0.717) is 31.2 Å². The number of ether oxygens (including phenoxy) is 2. The highest BCUT2D eigenvalue weighted by atomic mass is 32.2. The fraction of sp³-hybridized carbons (Fsp3) is 0.536. The lowest BCUT2D eigenvalue weighted by Crippen LogP contribution is -2.46. The zero-order valence-electron chi connectivity index (χ0n) is 21.0. The van der Waals surface area contributed by atoms with Crippen LogP contribution in [0.2, 0.25) is 0 Å². The minimum Gasteiger partial charge on any atom is -0.497 e. The van der Waals surface area contributed by atoms with Crippen LogP contribution in [0.15, 0.2) is 54.6 Å². The number of hydrogen-bond acceptors (Lipinski definition) is 6. The summed E-state index contributed by atoms with van der Waals surface area (Å²) in [5.74, 6) is 1.45. The number of benzene rings is 2. The molecule has 2 atom stereocenters. The Balaban J connectivity index is 1.91. The summed E-state index contributed by atoms with van der Waals surface area (Å²) < 4.78 is 11.2. The molecule has 3 N–H and O–H groups in total. The Morgan fingerprint density at radius 2 is 1.74 bits per heavy atom. The monoisotopic (exact) mass is 486 g/mol. The van der Waals surface area contributed by atoms with Crippen molar-refractivity contribution in [2.45, 2.75) is 76.3 Å². The number of carbonyl (C=O) groups excluding carboxylic acids is 1. The smallest absolute Gasteiger partial charge is 0.306 e. The molecule has 0 amide bonds. The molecule has 0 fully saturated rings. The van der Waals surface area contributed by atoms with Gasteiger partial charge in [0.05, 0.1) is 13.5 Å². The van der Waals surface area contributed by atoms with Crippen LogP contribution < -0.4 is 15.8 Å². The third-order valence-electron chi connectivity index (χ3n) is 5.76. The summed E-state index contributed by atoms with van der Waals surface area (Å²) in [6.07, 6.45) is 5.43. The summed E-state index contributed by atoms with van der Waals surface area (Å²) in [6, 6.07) is 17.8. The number of nitrogens with two attached hydrogens (primary N) is 1. The standard InChI is InChI=1S/C28H42N2O3S/c1-4-10-25(11-5-2)34-17-16-28(31)33-27(26(29)19-22-12-7-6-8-13-22)21-30-20-23-14-9-15-24(18-23)32-3/h6-9,12-15,18,25-27,30H,4-5,10-11,16-17,19-21,29H2,1-3H3. The van der Waals surface area contributed by atoms with Crippen molar-refractivity contribution in [3.8, 4) is 5.75 Å². The first-order chi connectivity index (χ1) is 16.5. The van der Waals surface area contributed by atoms with Crippen LogP contribution in [0, 0.1) is 0 Å². The van der Waals surface area contributed by atoms with Crippen molar-refractivity contribution in [1.29, 1.82) is 0 Å². The highest BCUT2D eigenvalue weighted by Gasteiger charge is 2.22. The van der Waals surface area contributed by atoms with E-state index in [2.05, 4.69) is 31.3 Å². The Morgan fingerprint density at radius 3 is 2.41 bits per heavy atom. The Hall–Kier alpha value is -2.02. The quantitative estimate of drug-likeness (QED) is 0.293. The summed E-state index contributed by atoms with van der Waals surface area (Å²) in [5.41, 5.74) is 8.78. The van der Waals surface area contributed by atoms with Crippen LogP contribution in [0.25, 0.3) is 0 Å². The second-order valence-electron chi connectivity index (χ2n) is 8.68. The van der Waals surface area contributed by atoms with Crippen molar-refractivity contribution in [1.82, 2.24) is 5.32 Å². The molecule has 0 spiro atoms. The largest absolute Gasteiger partial charge is 0.497 e. The summed E-state index contributed by atoms with van der Waals surface area (Å²) >= 11 is 1.90. The summed E-state index contributed by atoms with van der Waals surface area (Å²) in [4.78, 5) is 12.7. The molecule has 0 bridgehead atoms. The minimum absolute atomic E-state index is 0.170. The molecule has 2 rings (SSSR count). The maximum absolute atomic E-state index is 12.7. The fourth-order valence-corrected chi connectivity index (χ4v) is 5.35. The molecule has 0 radical (unpaired) electrons. The molecule has 188 valence electrons. The maximum atomic E-state index is 12.7. The van der Waals surface area contributed by atoms with Gasteiger partial charge in [-0.15, -0.1) is 0 Å². The van der Waals surface area contributed by atoms with E-state index in [0.717, 1.165) is 22.6 Å². The van der Waals surface area contributed by atoms with Gasteiger partial charge in [-0.3, -0.25) is 4.79 Å². The molecule has 0 heterocycles. The van der Waals surface area contributed by atoms with E-state index < -0.39 is 6.10 Å². The van der Waals surface area contributed by atoms with Crippen LogP contribution in [0.4, 0.5) is 0 Å². The number of hydrogen-bond donors (Lipinski definition) is 2. The molecule has 0 aliphatic heterocycles. The molecule has 5 nitrogen and oxygen atoms in total. The summed E-state index contributed by atoms with van der Waals surface area (Å²) in [5, 5.41) is 4.04. The molecule has 2 aromatic rings. The highest BCUT2D eigenvalue weighted by molar-refractivity contribution is 7.99. The fourth-order valence-electron chi connectivity index (χ4n) is 3.93. The average molecular weight is 487 g/mol. The highest BCUT2D eigenvalue weighted by Crippen LogP contribution is 2.22. The molecule has 0 aromatic heterocycles. The van der Waals surface area contributed by atoms with Gasteiger partial charge in [0.25, 0.3) is 0 Å². The van der Waals surface area contributed by atoms with Gasteiger partial charge >= 0.3 is 5.97 Å². The van der Waals surface area contributed by atoms with Gasteiger partial charge < -0.3 is 20.5 Å². The van der Waals surface area contributed by atoms with Crippen molar-refractivity contribution >= 4 is 17.7 Å². The number of rotatable bonds is 17. The van der Waals surface area contributed by atoms with Crippen LogP contribution in [0.5, 0.6) is 5.75 Å².